The lowest BCUT2D eigenvalue weighted by molar-refractivity contribution is -0.120. The number of anilines is 1. The molecule has 0 aliphatic carbocycles. The highest BCUT2D eigenvalue weighted by Crippen LogP contribution is 2.27. The van der Waals surface area contributed by atoms with Gasteiger partial charge in [0.1, 0.15) is 22.3 Å². The van der Waals surface area contributed by atoms with Crippen molar-refractivity contribution in [2.45, 2.75) is 17.7 Å². The van der Waals surface area contributed by atoms with Crippen LogP contribution in [0.4, 0.5) is 18.9 Å². The van der Waals surface area contributed by atoms with E-state index in [0.717, 1.165) is 22.5 Å². The molecule has 1 heterocycles. The normalized spacial score (nSPS) is 15.7. The summed E-state index contributed by atoms with van der Waals surface area (Å²) in [6.07, 6.45) is 0.232. The number of sulfonamides is 1. The molecule has 30 heavy (non-hydrogen) atoms. The third-order valence-corrected chi connectivity index (χ3v) is 6.79. The molecule has 0 unspecified atom stereocenters. The predicted molar refractivity (Wildman–Crippen MR) is 101 cm³/mol. The first-order chi connectivity index (χ1) is 14.1. The first-order valence-corrected chi connectivity index (χ1v) is 10.4. The van der Waals surface area contributed by atoms with Crippen LogP contribution in [0.25, 0.3) is 0 Å². The minimum atomic E-state index is -4.05. The largest absolute Gasteiger partial charge is 0.366 e. The van der Waals surface area contributed by atoms with Crippen LogP contribution >= 0.6 is 0 Å². The SMILES string of the molecule is NC(=O)c1cc(NC(=O)C2CCN(S(=O)(=O)c3ccccc3F)CC2)c(F)cc1F. The predicted octanol–water partition coefficient (Wildman–Crippen LogP) is 2.24. The van der Waals surface area contributed by atoms with Crippen LogP contribution in [0.1, 0.15) is 23.2 Å². The van der Waals surface area contributed by atoms with Gasteiger partial charge in [-0.15, -0.1) is 0 Å². The average Bonchev–Trinajstić information content (AvgIpc) is 2.70. The zero-order valence-corrected chi connectivity index (χ0v) is 16.4. The van der Waals surface area contributed by atoms with Crippen molar-refractivity contribution in [3.63, 3.8) is 0 Å². The zero-order chi connectivity index (χ0) is 22.1. The Morgan fingerprint density at radius 1 is 1.00 bits per heavy atom. The number of rotatable bonds is 5. The van der Waals surface area contributed by atoms with Crippen molar-refractivity contribution in [2.75, 3.05) is 18.4 Å². The lowest BCUT2D eigenvalue weighted by Gasteiger charge is -2.30. The highest BCUT2D eigenvalue weighted by Gasteiger charge is 2.33. The third-order valence-electron chi connectivity index (χ3n) is 4.86. The number of carbonyl (C=O) groups is 2. The minimum Gasteiger partial charge on any atom is -0.366 e. The standard InChI is InChI=1S/C19H18F3N3O4S/c20-13-3-1-2-4-17(13)30(28,29)25-7-5-11(6-8-25)19(27)24-16-9-12(18(23)26)14(21)10-15(16)22/h1-4,9-11H,5-8H2,(H2,23,26)(H,24,27). The summed E-state index contributed by atoms with van der Waals surface area (Å²) in [4.78, 5) is 23.2. The molecule has 0 radical (unpaired) electrons. The van der Waals surface area contributed by atoms with E-state index >= 15 is 0 Å². The Labute approximate surface area is 170 Å². The second-order valence-corrected chi connectivity index (χ2v) is 8.68. The number of benzene rings is 2. The van der Waals surface area contributed by atoms with Crippen molar-refractivity contribution in [3.8, 4) is 0 Å². The van der Waals surface area contributed by atoms with Gasteiger partial charge in [-0.25, -0.2) is 21.6 Å². The summed E-state index contributed by atoms with van der Waals surface area (Å²) >= 11 is 0. The van der Waals surface area contributed by atoms with Crippen LogP contribution in [0.15, 0.2) is 41.3 Å². The van der Waals surface area contributed by atoms with E-state index in [0.29, 0.717) is 6.07 Å². The Bertz CT molecular complexity index is 1100. The number of halogens is 3. The molecule has 3 N–H and O–H groups in total. The molecule has 2 amide bonds. The average molecular weight is 441 g/mol. The number of amides is 2. The molecule has 1 aliphatic rings. The van der Waals surface area contributed by atoms with Crippen molar-refractivity contribution >= 4 is 27.5 Å². The summed E-state index contributed by atoms with van der Waals surface area (Å²) in [5, 5.41) is 2.28. The Balaban J connectivity index is 1.69. The van der Waals surface area contributed by atoms with Gasteiger partial charge >= 0.3 is 0 Å². The van der Waals surface area contributed by atoms with Crippen molar-refractivity contribution < 1.29 is 31.2 Å². The van der Waals surface area contributed by atoms with E-state index in [-0.39, 0.29) is 25.9 Å². The summed E-state index contributed by atoms with van der Waals surface area (Å²) in [5.41, 5.74) is 4.04. The van der Waals surface area contributed by atoms with Crippen LogP contribution in [0, 0.1) is 23.4 Å². The highest BCUT2D eigenvalue weighted by atomic mass is 32.2. The maximum absolute atomic E-state index is 13.9. The van der Waals surface area contributed by atoms with E-state index in [1.807, 2.05) is 0 Å². The van der Waals surface area contributed by atoms with Gasteiger partial charge in [-0.1, -0.05) is 12.1 Å². The zero-order valence-electron chi connectivity index (χ0n) is 15.6. The molecule has 0 bridgehead atoms. The van der Waals surface area contributed by atoms with Gasteiger partial charge in [0.05, 0.1) is 11.3 Å². The summed E-state index contributed by atoms with van der Waals surface area (Å²) < 4.78 is 67.7. The molecular formula is C19H18F3N3O4S. The van der Waals surface area contributed by atoms with Gasteiger partial charge in [-0.05, 0) is 31.0 Å². The fourth-order valence-electron chi connectivity index (χ4n) is 3.22. The van der Waals surface area contributed by atoms with Gasteiger partial charge in [0.2, 0.25) is 15.9 Å². The van der Waals surface area contributed by atoms with Gasteiger partial charge in [-0.2, -0.15) is 4.31 Å². The van der Waals surface area contributed by atoms with Gasteiger partial charge in [-0.3, -0.25) is 9.59 Å². The topological polar surface area (TPSA) is 110 Å². The second kappa shape index (κ2) is 8.44. The molecule has 160 valence electrons. The molecule has 1 aliphatic heterocycles. The molecule has 2 aromatic rings. The van der Waals surface area contributed by atoms with Crippen molar-refractivity contribution in [1.29, 1.82) is 0 Å². The fraction of sp³-hybridized carbons (Fsp3) is 0.263. The lowest BCUT2D eigenvalue weighted by Crippen LogP contribution is -2.41. The molecule has 11 heteroatoms. The van der Waals surface area contributed by atoms with E-state index in [1.165, 1.54) is 12.1 Å². The van der Waals surface area contributed by atoms with Crippen LogP contribution < -0.4 is 11.1 Å². The summed E-state index contributed by atoms with van der Waals surface area (Å²) in [7, 11) is -4.05. The lowest BCUT2D eigenvalue weighted by atomic mass is 9.97. The van der Waals surface area contributed by atoms with E-state index in [1.54, 1.807) is 0 Å². The van der Waals surface area contributed by atoms with E-state index in [9.17, 15) is 31.2 Å². The molecule has 0 saturated carbocycles. The van der Waals surface area contributed by atoms with Crippen LogP contribution in [0.2, 0.25) is 0 Å². The first-order valence-electron chi connectivity index (χ1n) is 8.95. The Morgan fingerprint density at radius 3 is 2.23 bits per heavy atom. The molecular weight excluding hydrogens is 423 g/mol. The number of nitrogens with one attached hydrogen (secondary N) is 1. The molecule has 2 aromatic carbocycles. The quantitative estimate of drug-likeness (QED) is 0.742. The number of hydrogen-bond acceptors (Lipinski definition) is 4. The van der Waals surface area contributed by atoms with Gasteiger partial charge in [0.25, 0.3) is 5.91 Å². The number of piperidine rings is 1. The van der Waals surface area contributed by atoms with Crippen LogP contribution in [0.3, 0.4) is 0 Å². The minimum absolute atomic E-state index is 0.0345. The number of carbonyl (C=O) groups excluding carboxylic acids is 2. The Hall–Kier alpha value is -2.92. The molecule has 7 nitrogen and oxygen atoms in total. The third kappa shape index (κ3) is 4.31. The monoisotopic (exact) mass is 441 g/mol. The maximum atomic E-state index is 13.9. The number of nitrogens with zero attached hydrogens (tertiary/aromatic N) is 1. The van der Waals surface area contributed by atoms with Crippen LogP contribution in [-0.2, 0) is 14.8 Å². The first kappa shape index (κ1) is 21.8. The molecule has 0 atom stereocenters. The van der Waals surface area contributed by atoms with E-state index < -0.39 is 61.4 Å². The smallest absolute Gasteiger partial charge is 0.251 e. The van der Waals surface area contributed by atoms with Crippen LogP contribution in [0.5, 0.6) is 0 Å². The molecule has 0 spiro atoms. The summed E-state index contributed by atoms with van der Waals surface area (Å²) in [5.74, 6) is -5.48. The highest BCUT2D eigenvalue weighted by molar-refractivity contribution is 7.89. The van der Waals surface area contributed by atoms with Crippen molar-refractivity contribution in [1.82, 2.24) is 4.31 Å². The fourth-order valence-corrected chi connectivity index (χ4v) is 4.75. The Kier molecular flexibility index (Phi) is 6.13. The Morgan fingerprint density at radius 2 is 1.63 bits per heavy atom. The molecule has 0 aromatic heterocycles. The molecule has 3 rings (SSSR count). The number of nitrogens with two attached hydrogens (primary N) is 1. The second-order valence-electron chi connectivity index (χ2n) is 6.77. The van der Waals surface area contributed by atoms with Gasteiger partial charge < -0.3 is 11.1 Å². The van der Waals surface area contributed by atoms with E-state index in [2.05, 4.69) is 5.32 Å². The number of hydrogen-bond donors (Lipinski definition) is 2. The number of primary amides is 1. The molecule has 1 fully saturated rings. The molecule has 1 saturated heterocycles. The van der Waals surface area contributed by atoms with Gasteiger partial charge in [0.15, 0.2) is 0 Å². The van der Waals surface area contributed by atoms with E-state index in [4.69, 9.17) is 5.73 Å². The van der Waals surface area contributed by atoms with Crippen molar-refractivity contribution in [2.24, 2.45) is 11.7 Å². The summed E-state index contributed by atoms with van der Waals surface area (Å²) in [6, 6.07) is 6.25. The van der Waals surface area contributed by atoms with Gasteiger partial charge in [0, 0.05) is 25.1 Å². The maximum Gasteiger partial charge on any atom is 0.251 e. The van der Waals surface area contributed by atoms with Crippen LogP contribution in [-0.4, -0.2) is 37.6 Å². The van der Waals surface area contributed by atoms with Crippen molar-refractivity contribution in [3.05, 3.63) is 59.4 Å². The summed E-state index contributed by atoms with van der Waals surface area (Å²) in [6.45, 7) is -0.0691.